The molecule has 0 aromatic carbocycles. The number of halogens is 1. The van der Waals surface area contributed by atoms with Crippen LogP contribution in [0.15, 0.2) is 11.6 Å². The Balaban J connectivity index is 1.78. The highest BCUT2D eigenvalue weighted by molar-refractivity contribution is 5.92. The maximum absolute atomic E-state index is 16.3. The van der Waals surface area contributed by atoms with E-state index in [-0.39, 0.29) is 23.0 Å². The molecule has 4 aliphatic carbocycles. The maximum Gasteiger partial charge on any atom is 0.155 e. The van der Waals surface area contributed by atoms with Crippen molar-refractivity contribution in [2.75, 3.05) is 0 Å². The first kappa shape index (κ1) is 14.6. The lowest BCUT2D eigenvalue weighted by Crippen LogP contribution is -2.60. The molecular weight excluding hydrogens is 279 g/mol. The van der Waals surface area contributed by atoms with Crippen molar-refractivity contribution in [1.29, 1.82) is 0 Å². The van der Waals surface area contributed by atoms with Crippen LogP contribution in [0, 0.1) is 22.7 Å². The topological polar surface area (TPSA) is 34.1 Å². The Morgan fingerprint density at radius 2 is 1.73 bits per heavy atom. The first-order chi connectivity index (χ1) is 10.3. The first-order valence-electron chi connectivity index (χ1n) is 8.77. The summed E-state index contributed by atoms with van der Waals surface area (Å²) in [5, 5.41) is 0. The van der Waals surface area contributed by atoms with Crippen molar-refractivity contribution >= 4 is 11.6 Å². The van der Waals surface area contributed by atoms with Gasteiger partial charge in [0.15, 0.2) is 5.78 Å². The van der Waals surface area contributed by atoms with Crippen LogP contribution in [-0.2, 0) is 9.59 Å². The predicted molar refractivity (Wildman–Crippen MR) is 82.1 cm³/mol. The van der Waals surface area contributed by atoms with Crippen LogP contribution in [0.3, 0.4) is 0 Å². The van der Waals surface area contributed by atoms with Crippen molar-refractivity contribution in [3.63, 3.8) is 0 Å². The number of hydrogen-bond donors (Lipinski definition) is 0. The predicted octanol–water partition coefficient (Wildman–Crippen LogP) is 4.18. The molecule has 0 N–H and O–H groups in total. The van der Waals surface area contributed by atoms with E-state index in [1.54, 1.807) is 6.08 Å². The normalized spacial score (nSPS) is 51.0. The third-order valence-electron chi connectivity index (χ3n) is 7.78. The Morgan fingerprint density at radius 3 is 2.50 bits per heavy atom. The molecule has 2 nitrogen and oxygen atoms in total. The van der Waals surface area contributed by atoms with Crippen molar-refractivity contribution in [2.24, 2.45) is 22.7 Å². The third kappa shape index (κ3) is 1.55. The maximum atomic E-state index is 16.3. The van der Waals surface area contributed by atoms with E-state index in [4.69, 9.17) is 0 Å². The van der Waals surface area contributed by atoms with Crippen molar-refractivity contribution in [2.45, 2.75) is 70.9 Å². The summed E-state index contributed by atoms with van der Waals surface area (Å²) in [6.07, 6.45) is 7.14. The van der Waals surface area contributed by atoms with Crippen molar-refractivity contribution in [3.05, 3.63) is 11.6 Å². The molecule has 0 spiro atoms. The highest BCUT2D eigenvalue weighted by atomic mass is 19.1. The number of allylic oxidation sites excluding steroid dienone is 1. The average molecular weight is 304 g/mol. The number of rotatable bonds is 0. The number of Topliss-reactive ketones (excluding diaryl/α,β-unsaturated/α-hetero) is 1. The number of alkyl halides is 1. The van der Waals surface area contributed by atoms with Gasteiger partial charge < -0.3 is 0 Å². The molecular formula is C19H25FO2. The van der Waals surface area contributed by atoms with Gasteiger partial charge in [-0.2, -0.15) is 0 Å². The fourth-order valence-electron chi connectivity index (χ4n) is 6.22. The fourth-order valence-corrected chi connectivity index (χ4v) is 6.22. The molecule has 0 amide bonds. The highest BCUT2D eigenvalue weighted by Crippen LogP contribution is 2.67. The molecule has 3 saturated carbocycles. The van der Waals surface area contributed by atoms with Gasteiger partial charge >= 0.3 is 0 Å². The molecule has 5 atom stereocenters. The molecule has 22 heavy (non-hydrogen) atoms. The van der Waals surface area contributed by atoms with Gasteiger partial charge in [-0.1, -0.05) is 19.4 Å². The average Bonchev–Trinajstić information content (AvgIpc) is 2.77. The van der Waals surface area contributed by atoms with Crippen LogP contribution in [0.2, 0.25) is 0 Å². The zero-order chi connectivity index (χ0) is 15.8. The number of hydrogen-bond acceptors (Lipinski definition) is 2. The lowest BCUT2D eigenvalue weighted by Gasteiger charge is -2.60. The van der Waals surface area contributed by atoms with Crippen LogP contribution in [0.25, 0.3) is 0 Å². The van der Waals surface area contributed by atoms with E-state index in [0.29, 0.717) is 37.9 Å². The second-order valence-corrected chi connectivity index (χ2v) is 8.46. The molecule has 0 bridgehead atoms. The molecule has 0 radical (unpaired) electrons. The first-order valence-corrected chi connectivity index (χ1v) is 8.77. The fraction of sp³-hybridized carbons (Fsp3) is 0.789. The van der Waals surface area contributed by atoms with Gasteiger partial charge in [0, 0.05) is 23.7 Å². The second kappa shape index (κ2) is 4.30. The smallest absolute Gasteiger partial charge is 0.155 e. The lowest BCUT2D eigenvalue weighted by molar-refractivity contribution is -0.152. The standard InChI is InChI=1S/C19H25FO2/c1-17-9-10-19(20)15(14(17)5-6-16(17)22)4-3-12-11-13(21)7-8-18(12,19)2/h11,14-15H,3-10H2,1-2H3/t14?,15?,17?,18-,19?/m0/s1. The van der Waals surface area contributed by atoms with Gasteiger partial charge in [-0.25, -0.2) is 4.39 Å². The van der Waals surface area contributed by atoms with Gasteiger partial charge in [0.2, 0.25) is 0 Å². The summed E-state index contributed by atoms with van der Waals surface area (Å²) in [5.41, 5.74) is -0.971. The zero-order valence-electron chi connectivity index (χ0n) is 13.6. The van der Waals surface area contributed by atoms with Gasteiger partial charge in [-0.05, 0) is 56.4 Å². The molecule has 120 valence electrons. The van der Waals surface area contributed by atoms with Gasteiger partial charge in [-0.3, -0.25) is 9.59 Å². The monoisotopic (exact) mass is 304 g/mol. The Bertz CT molecular complexity index is 594. The summed E-state index contributed by atoms with van der Waals surface area (Å²) in [4.78, 5) is 24.1. The van der Waals surface area contributed by atoms with E-state index >= 15 is 4.39 Å². The minimum atomic E-state index is -1.23. The largest absolute Gasteiger partial charge is 0.299 e. The SMILES string of the molecule is CC12CCC3(F)C(CCC4=CC(=O)CC[C@@]43C)C1CCC2=O. The van der Waals surface area contributed by atoms with Gasteiger partial charge in [0.05, 0.1) is 0 Å². The van der Waals surface area contributed by atoms with Gasteiger partial charge in [0.25, 0.3) is 0 Å². The molecule has 0 heterocycles. The quantitative estimate of drug-likeness (QED) is 0.673. The Kier molecular flexibility index (Phi) is 2.85. The molecule has 4 rings (SSSR count). The molecule has 0 aliphatic heterocycles. The molecule has 0 saturated heterocycles. The number of ketones is 2. The van der Waals surface area contributed by atoms with Gasteiger partial charge in [-0.15, -0.1) is 0 Å². The molecule has 4 unspecified atom stereocenters. The number of fused-ring (bicyclic) bond motifs is 5. The lowest BCUT2D eigenvalue weighted by atomic mass is 9.46. The number of carbonyl (C=O) groups is 2. The number of carbonyl (C=O) groups excluding carboxylic acids is 2. The van der Waals surface area contributed by atoms with Crippen molar-refractivity contribution in [3.8, 4) is 0 Å². The summed E-state index contributed by atoms with van der Waals surface area (Å²) in [6.45, 7) is 4.11. The van der Waals surface area contributed by atoms with E-state index in [1.807, 2.05) is 6.92 Å². The summed E-state index contributed by atoms with van der Waals surface area (Å²) in [5.74, 6) is 0.707. The minimum absolute atomic E-state index is 0.00643. The summed E-state index contributed by atoms with van der Waals surface area (Å²) >= 11 is 0. The van der Waals surface area contributed by atoms with Crippen LogP contribution in [0.4, 0.5) is 4.39 Å². The third-order valence-corrected chi connectivity index (χ3v) is 7.78. The molecule has 3 heteroatoms. The van der Waals surface area contributed by atoms with E-state index in [1.165, 1.54) is 0 Å². The van der Waals surface area contributed by atoms with Crippen LogP contribution >= 0.6 is 0 Å². The Morgan fingerprint density at radius 1 is 1.00 bits per heavy atom. The van der Waals surface area contributed by atoms with E-state index in [9.17, 15) is 9.59 Å². The summed E-state index contributed by atoms with van der Waals surface area (Å²) in [7, 11) is 0. The minimum Gasteiger partial charge on any atom is -0.299 e. The van der Waals surface area contributed by atoms with Crippen LogP contribution in [-0.4, -0.2) is 17.2 Å². The van der Waals surface area contributed by atoms with Crippen molar-refractivity contribution in [1.82, 2.24) is 0 Å². The molecule has 3 fully saturated rings. The molecule has 0 aromatic heterocycles. The van der Waals surface area contributed by atoms with Crippen LogP contribution in [0.5, 0.6) is 0 Å². The molecule has 0 aromatic rings. The van der Waals surface area contributed by atoms with Gasteiger partial charge in [0.1, 0.15) is 11.5 Å². The van der Waals surface area contributed by atoms with Crippen molar-refractivity contribution < 1.29 is 14.0 Å². The second-order valence-electron chi connectivity index (χ2n) is 8.46. The molecule has 4 aliphatic rings. The Hall–Kier alpha value is -0.990. The summed E-state index contributed by atoms with van der Waals surface area (Å²) < 4.78 is 16.3. The summed E-state index contributed by atoms with van der Waals surface area (Å²) in [6, 6.07) is 0. The van der Waals surface area contributed by atoms with E-state index in [2.05, 4.69) is 6.92 Å². The van der Waals surface area contributed by atoms with Crippen LogP contribution < -0.4 is 0 Å². The zero-order valence-corrected chi connectivity index (χ0v) is 13.6. The highest BCUT2D eigenvalue weighted by Gasteiger charge is 2.66. The van der Waals surface area contributed by atoms with Crippen LogP contribution in [0.1, 0.15) is 65.2 Å². The van der Waals surface area contributed by atoms with E-state index in [0.717, 1.165) is 24.8 Å². The van der Waals surface area contributed by atoms with E-state index < -0.39 is 11.1 Å². The Labute approximate surface area is 131 Å².